The summed E-state index contributed by atoms with van der Waals surface area (Å²) in [5, 5.41) is 12.3. The average Bonchev–Trinajstić information content (AvgIpc) is 3.35. The van der Waals surface area contributed by atoms with Gasteiger partial charge in [-0.05, 0) is 72.4 Å². The molecule has 5 rings (SSSR count). The molecule has 2 saturated carbocycles. The Bertz CT molecular complexity index is 1020. The Hall–Kier alpha value is -1.77. The third-order valence-corrected chi connectivity index (χ3v) is 7.59. The van der Waals surface area contributed by atoms with E-state index in [0.29, 0.717) is 33.2 Å². The number of aliphatic hydroxyl groups is 1. The van der Waals surface area contributed by atoms with Crippen LogP contribution in [-0.4, -0.2) is 10.9 Å². The second kappa shape index (κ2) is 6.64. The van der Waals surface area contributed by atoms with Crippen molar-refractivity contribution in [2.45, 2.75) is 32.6 Å². The van der Waals surface area contributed by atoms with Crippen LogP contribution in [0.1, 0.15) is 37.3 Å². The number of carbonyl (C=O) groups is 1. The van der Waals surface area contributed by atoms with Crippen molar-refractivity contribution in [3.8, 4) is 11.1 Å². The van der Waals surface area contributed by atoms with E-state index < -0.39 is 0 Å². The molecule has 2 fully saturated rings. The van der Waals surface area contributed by atoms with E-state index in [0.717, 1.165) is 47.9 Å². The van der Waals surface area contributed by atoms with Crippen LogP contribution in [0, 0.1) is 23.7 Å². The van der Waals surface area contributed by atoms with Crippen LogP contribution in [0.5, 0.6) is 0 Å². The van der Waals surface area contributed by atoms with Crippen LogP contribution in [0.25, 0.3) is 16.7 Å². The van der Waals surface area contributed by atoms with Crippen molar-refractivity contribution in [3.05, 3.63) is 63.3 Å². The molecule has 0 radical (unpaired) electrons. The topological polar surface area (TPSA) is 37.3 Å². The first kappa shape index (κ1) is 18.3. The zero-order chi connectivity index (χ0) is 19.6. The van der Waals surface area contributed by atoms with Crippen LogP contribution in [0.3, 0.4) is 0 Å². The SMILES string of the molecule is CCc1ccc(-c2ccc(Cl)cc2Cl)cc1C1=C(O)[C@H]2[C@H]3CC[C@H](C3)[C@H]2C1=O. The lowest BCUT2D eigenvalue weighted by atomic mass is 9.80. The van der Waals surface area contributed by atoms with Gasteiger partial charge in [0.05, 0.1) is 5.57 Å². The van der Waals surface area contributed by atoms with Crippen molar-refractivity contribution < 1.29 is 9.90 Å². The number of Topliss-reactive ketones (excluding diaryl/α,β-unsaturated/α-hetero) is 1. The third-order valence-electron chi connectivity index (χ3n) is 7.04. The van der Waals surface area contributed by atoms with E-state index in [1.807, 2.05) is 30.3 Å². The number of aliphatic hydroxyl groups excluding tert-OH is 1. The summed E-state index contributed by atoms with van der Waals surface area (Å²) in [5.41, 5.74) is 4.30. The number of hydrogen-bond acceptors (Lipinski definition) is 2. The molecule has 0 unspecified atom stereocenters. The Morgan fingerprint density at radius 2 is 1.75 bits per heavy atom. The van der Waals surface area contributed by atoms with Gasteiger partial charge in [0.2, 0.25) is 0 Å². The molecule has 3 aliphatic rings. The van der Waals surface area contributed by atoms with E-state index >= 15 is 0 Å². The molecular weight excluding hydrogens is 391 g/mol. The molecule has 3 aliphatic carbocycles. The highest BCUT2D eigenvalue weighted by Crippen LogP contribution is 2.60. The smallest absolute Gasteiger partial charge is 0.170 e. The third kappa shape index (κ3) is 2.58. The standard InChI is InChI=1S/C24H22Cl2O2/c1-2-12-3-4-13(17-8-7-16(25)11-19(17)26)10-18(12)22-23(27)20-14-5-6-15(9-14)21(20)24(22)28/h3-4,7-8,10-11,14-15,20-21,27H,2,5-6,9H2,1H3/t14-,15+,20-,21+/m0/s1. The maximum absolute atomic E-state index is 13.4. The molecule has 0 aromatic heterocycles. The normalized spacial score (nSPS) is 28.3. The van der Waals surface area contributed by atoms with E-state index in [1.54, 1.807) is 6.07 Å². The molecule has 2 bridgehead atoms. The largest absolute Gasteiger partial charge is 0.511 e. The first-order valence-electron chi connectivity index (χ1n) is 10.1. The molecule has 0 amide bonds. The predicted octanol–water partition coefficient (Wildman–Crippen LogP) is 6.74. The Morgan fingerprint density at radius 3 is 2.43 bits per heavy atom. The summed E-state index contributed by atoms with van der Waals surface area (Å²) < 4.78 is 0. The number of ketones is 1. The molecule has 4 atom stereocenters. The number of hydrogen-bond donors (Lipinski definition) is 1. The number of fused-ring (bicyclic) bond motifs is 5. The highest BCUT2D eigenvalue weighted by Gasteiger charge is 2.57. The maximum atomic E-state index is 13.4. The summed E-state index contributed by atoms with van der Waals surface area (Å²) in [4.78, 5) is 13.4. The van der Waals surface area contributed by atoms with Crippen LogP contribution < -0.4 is 0 Å². The lowest BCUT2D eigenvalue weighted by Gasteiger charge is -2.23. The van der Waals surface area contributed by atoms with E-state index in [1.165, 1.54) is 0 Å². The fourth-order valence-electron chi connectivity index (χ4n) is 5.80. The number of halogens is 2. The van der Waals surface area contributed by atoms with Crippen molar-refractivity contribution in [1.82, 2.24) is 0 Å². The highest BCUT2D eigenvalue weighted by atomic mass is 35.5. The van der Waals surface area contributed by atoms with E-state index in [9.17, 15) is 9.90 Å². The van der Waals surface area contributed by atoms with Gasteiger partial charge < -0.3 is 5.11 Å². The zero-order valence-electron chi connectivity index (χ0n) is 15.7. The van der Waals surface area contributed by atoms with Gasteiger partial charge in [0.25, 0.3) is 0 Å². The van der Waals surface area contributed by atoms with Gasteiger partial charge in [0.15, 0.2) is 5.78 Å². The summed E-state index contributed by atoms with van der Waals surface area (Å²) in [6, 6.07) is 11.5. The molecule has 0 spiro atoms. The second-order valence-electron chi connectivity index (χ2n) is 8.36. The lowest BCUT2D eigenvalue weighted by molar-refractivity contribution is -0.118. The summed E-state index contributed by atoms with van der Waals surface area (Å²) in [6.45, 7) is 2.08. The minimum absolute atomic E-state index is 0.0127. The van der Waals surface area contributed by atoms with Crippen LogP contribution in [-0.2, 0) is 11.2 Å². The maximum Gasteiger partial charge on any atom is 0.170 e. The van der Waals surface area contributed by atoms with Crippen LogP contribution in [0.2, 0.25) is 10.0 Å². The molecular formula is C24H22Cl2O2. The van der Waals surface area contributed by atoms with Gasteiger partial charge in [0.1, 0.15) is 5.76 Å². The lowest BCUT2D eigenvalue weighted by Crippen LogP contribution is -2.24. The van der Waals surface area contributed by atoms with Crippen LogP contribution >= 0.6 is 23.2 Å². The Labute approximate surface area is 175 Å². The summed E-state index contributed by atoms with van der Waals surface area (Å²) in [5.74, 6) is 1.41. The van der Waals surface area contributed by atoms with Crippen molar-refractivity contribution in [1.29, 1.82) is 0 Å². The summed E-state index contributed by atoms with van der Waals surface area (Å²) >= 11 is 12.5. The number of aryl methyl sites for hydroxylation is 1. The molecule has 144 valence electrons. The molecule has 28 heavy (non-hydrogen) atoms. The first-order valence-corrected chi connectivity index (χ1v) is 10.8. The molecule has 0 saturated heterocycles. The quantitative estimate of drug-likeness (QED) is 0.605. The average molecular weight is 413 g/mol. The van der Waals surface area contributed by atoms with Crippen LogP contribution in [0.4, 0.5) is 0 Å². The Morgan fingerprint density at radius 1 is 1.00 bits per heavy atom. The molecule has 1 N–H and O–H groups in total. The number of carbonyl (C=O) groups excluding carboxylic acids is 1. The molecule has 2 aromatic carbocycles. The van der Waals surface area contributed by atoms with E-state index in [4.69, 9.17) is 23.2 Å². The fraction of sp³-hybridized carbons (Fsp3) is 0.375. The molecule has 0 aliphatic heterocycles. The van der Waals surface area contributed by atoms with Crippen molar-refractivity contribution in [2.75, 3.05) is 0 Å². The second-order valence-corrected chi connectivity index (χ2v) is 9.20. The van der Waals surface area contributed by atoms with Gasteiger partial charge in [-0.25, -0.2) is 0 Å². The van der Waals surface area contributed by atoms with Gasteiger partial charge in [-0.2, -0.15) is 0 Å². The van der Waals surface area contributed by atoms with Gasteiger partial charge >= 0.3 is 0 Å². The highest BCUT2D eigenvalue weighted by molar-refractivity contribution is 6.36. The van der Waals surface area contributed by atoms with Crippen molar-refractivity contribution in [3.63, 3.8) is 0 Å². The van der Waals surface area contributed by atoms with Gasteiger partial charge in [0, 0.05) is 27.4 Å². The summed E-state index contributed by atoms with van der Waals surface area (Å²) in [7, 11) is 0. The van der Waals surface area contributed by atoms with Gasteiger partial charge in [-0.3, -0.25) is 4.79 Å². The van der Waals surface area contributed by atoms with Gasteiger partial charge in [-0.1, -0.05) is 48.3 Å². The Kier molecular flexibility index (Phi) is 4.33. The summed E-state index contributed by atoms with van der Waals surface area (Å²) in [6.07, 6.45) is 4.16. The molecule has 4 heteroatoms. The molecule has 0 heterocycles. The predicted molar refractivity (Wildman–Crippen MR) is 114 cm³/mol. The van der Waals surface area contributed by atoms with E-state index in [-0.39, 0.29) is 17.6 Å². The monoisotopic (exact) mass is 412 g/mol. The van der Waals surface area contributed by atoms with Crippen molar-refractivity contribution in [2.24, 2.45) is 23.7 Å². The number of rotatable bonds is 3. The molecule has 2 nitrogen and oxygen atoms in total. The van der Waals surface area contributed by atoms with E-state index in [2.05, 4.69) is 6.92 Å². The zero-order valence-corrected chi connectivity index (χ0v) is 17.2. The minimum atomic E-state index is -0.0127. The number of allylic oxidation sites excluding steroid dienone is 2. The number of benzene rings is 2. The Balaban J connectivity index is 1.64. The van der Waals surface area contributed by atoms with Gasteiger partial charge in [-0.15, -0.1) is 0 Å². The first-order chi connectivity index (χ1) is 13.5. The van der Waals surface area contributed by atoms with Crippen LogP contribution in [0.15, 0.2) is 42.2 Å². The molecule has 2 aromatic rings. The minimum Gasteiger partial charge on any atom is -0.511 e. The van der Waals surface area contributed by atoms with Crippen molar-refractivity contribution >= 4 is 34.6 Å². The fourth-order valence-corrected chi connectivity index (χ4v) is 6.32.